The maximum absolute atomic E-state index is 11.8. The highest BCUT2D eigenvalue weighted by atomic mass is 16.5. The van der Waals surface area contributed by atoms with E-state index in [-0.39, 0.29) is 5.91 Å². The topological polar surface area (TPSA) is 81.2 Å². The van der Waals surface area contributed by atoms with Crippen LogP contribution in [0.3, 0.4) is 0 Å². The third kappa shape index (κ3) is 2.92. The summed E-state index contributed by atoms with van der Waals surface area (Å²) in [5.74, 6) is -0.188. The first-order chi connectivity index (χ1) is 8.29. The van der Waals surface area contributed by atoms with Gasteiger partial charge in [0.2, 0.25) is 0 Å². The lowest BCUT2D eigenvalue weighted by molar-refractivity contribution is 0.102. The van der Waals surface area contributed by atoms with E-state index in [1.165, 1.54) is 12.5 Å². The Hall–Kier alpha value is -2.14. The zero-order chi connectivity index (χ0) is 12.1. The number of nitrogens with two attached hydrogens (primary N) is 1. The first-order valence-electron chi connectivity index (χ1n) is 5.29. The van der Waals surface area contributed by atoms with E-state index in [0.29, 0.717) is 17.8 Å². The third-order valence-electron chi connectivity index (χ3n) is 2.34. The van der Waals surface area contributed by atoms with Crippen molar-refractivity contribution in [3.8, 4) is 0 Å². The molecule has 0 saturated carbocycles. The minimum absolute atomic E-state index is 0.188. The van der Waals surface area contributed by atoms with Crippen LogP contribution in [0.2, 0.25) is 0 Å². The maximum Gasteiger partial charge on any atom is 0.255 e. The van der Waals surface area contributed by atoms with Gasteiger partial charge in [-0.05, 0) is 30.7 Å². The van der Waals surface area contributed by atoms with Crippen molar-refractivity contribution in [2.75, 3.05) is 11.9 Å². The predicted octanol–water partition coefficient (Wildman–Crippen LogP) is 1.43. The van der Waals surface area contributed by atoms with Crippen LogP contribution in [0.25, 0.3) is 0 Å². The molecule has 0 radical (unpaired) electrons. The standard InChI is InChI=1S/C12H13N3O2/c13-6-5-9-1-3-10(4-2-9)12(16)15-11-7-14-17-8-11/h1-4,7-8H,5-6,13H2,(H,15,16). The molecular weight excluding hydrogens is 218 g/mol. The van der Waals surface area contributed by atoms with Gasteiger partial charge in [0.25, 0.3) is 5.91 Å². The average Bonchev–Trinajstić information content (AvgIpc) is 2.83. The van der Waals surface area contributed by atoms with Crippen molar-refractivity contribution >= 4 is 11.6 Å². The first kappa shape index (κ1) is 11.3. The molecule has 0 saturated heterocycles. The Morgan fingerprint density at radius 1 is 1.35 bits per heavy atom. The van der Waals surface area contributed by atoms with Gasteiger partial charge in [-0.15, -0.1) is 0 Å². The Kier molecular flexibility index (Phi) is 3.52. The highest BCUT2D eigenvalue weighted by molar-refractivity contribution is 6.04. The minimum Gasteiger partial charge on any atom is -0.363 e. The van der Waals surface area contributed by atoms with Crippen LogP contribution < -0.4 is 11.1 Å². The van der Waals surface area contributed by atoms with Crippen molar-refractivity contribution in [2.24, 2.45) is 5.73 Å². The lowest BCUT2D eigenvalue weighted by Gasteiger charge is -2.03. The molecule has 3 N–H and O–H groups in total. The second-order valence-electron chi connectivity index (χ2n) is 3.60. The zero-order valence-electron chi connectivity index (χ0n) is 9.22. The Morgan fingerprint density at radius 2 is 2.12 bits per heavy atom. The Bertz CT molecular complexity index is 477. The van der Waals surface area contributed by atoms with Crippen molar-refractivity contribution in [1.29, 1.82) is 0 Å². The number of aromatic nitrogens is 1. The summed E-state index contributed by atoms with van der Waals surface area (Å²) in [6, 6.07) is 7.34. The fourth-order valence-corrected chi connectivity index (χ4v) is 1.46. The summed E-state index contributed by atoms with van der Waals surface area (Å²) >= 11 is 0. The van der Waals surface area contributed by atoms with E-state index in [1.807, 2.05) is 12.1 Å². The monoisotopic (exact) mass is 231 g/mol. The van der Waals surface area contributed by atoms with Gasteiger partial charge in [-0.1, -0.05) is 17.3 Å². The summed E-state index contributed by atoms with van der Waals surface area (Å²) in [7, 11) is 0. The summed E-state index contributed by atoms with van der Waals surface area (Å²) in [4.78, 5) is 11.8. The van der Waals surface area contributed by atoms with Gasteiger partial charge in [0.15, 0.2) is 0 Å². The van der Waals surface area contributed by atoms with E-state index in [2.05, 4.69) is 15.0 Å². The predicted molar refractivity (Wildman–Crippen MR) is 63.7 cm³/mol. The molecule has 2 aromatic rings. The van der Waals surface area contributed by atoms with Gasteiger partial charge >= 0.3 is 0 Å². The summed E-state index contributed by atoms with van der Waals surface area (Å²) in [6.07, 6.45) is 3.63. The highest BCUT2D eigenvalue weighted by Crippen LogP contribution is 2.09. The quantitative estimate of drug-likeness (QED) is 0.834. The SMILES string of the molecule is NCCc1ccc(C(=O)Nc2cnoc2)cc1. The molecule has 88 valence electrons. The number of nitrogens with one attached hydrogen (secondary N) is 1. The Balaban J connectivity index is 2.04. The van der Waals surface area contributed by atoms with Crippen LogP contribution in [0.1, 0.15) is 15.9 Å². The molecule has 0 fully saturated rings. The summed E-state index contributed by atoms with van der Waals surface area (Å²) in [5.41, 5.74) is 7.70. The van der Waals surface area contributed by atoms with Crippen LogP contribution in [-0.4, -0.2) is 17.6 Å². The Labute approximate surface area is 98.6 Å². The second kappa shape index (κ2) is 5.27. The van der Waals surface area contributed by atoms with Gasteiger partial charge in [0.05, 0.1) is 6.20 Å². The van der Waals surface area contributed by atoms with Gasteiger partial charge in [-0.3, -0.25) is 4.79 Å². The zero-order valence-corrected chi connectivity index (χ0v) is 9.22. The third-order valence-corrected chi connectivity index (χ3v) is 2.34. The number of benzene rings is 1. The number of rotatable bonds is 4. The molecule has 0 spiro atoms. The number of carbonyl (C=O) groups excluding carboxylic acids is 1. The fourth-order valence-electron chi connectivity index (χ4n) is 1.46. The maximum atomic E-state index is 11.8. The molecule has 2 rings (SSSR count). The van der Waals surface area contributed by atoms with Gasteiger partial charge < -0.3 is 15.6 Å². The molecule has 17 heavy (non-hydrogen) atoms. The van der Waals surface area contributed by atoms with E-state index in [0.717, 1.165) is 12.0 Å². The van der Waals surface area contributed by atoms with Crippen molar-refractivity contribution in [1.82, 2.24) is 5.16 Å². The molecule has 1 heterocycles. The molecule has 1 amide bonds. The summed E-state index contributed by atoms with van der Waals surface area (Å²) < 4.78 is 4.62. The van der Waals surface area contributed by atoms with Crippen LogP contribution in [0.4, 0.5) is 5.69 Å². The van der Waals surface area contributed by atoms with E-state index >= 15 is 0 Å². The molecule has 1 aromatic carbocycles. The lowest BCUT2D eigenvalue weighted by atomic mass is 10.1. The summed E-state index contributed by atoms with van der Waals surface area (Å²) in [5, 5.41) is 6.17. The highest BCUT2D eigenvalue weighted by Gasteiger charge is 2.06. The van der Waals surface area contributed by atoms with Crippen LogP contribution >= 0.6 is 0 Å². The second-order valence-corrected chi connectivity index (χ2v) is 3.60. The van der Waals surface area contributed by atoms with Gasteiger partial charge in [0.1, 0.15) is 12.0 Å². The molecule has 0 atom stereocenters. The first-order valence-corrected chi connectivity index (χ1v) is 5.29. The molecule has 0 bridgehead atoms. The molecule has 0 unspecified atom stereocenters. The number of hydrogen-bond donors (Lipinski definition) is 2. The van der Waals surface area contributed by atoms with Crippen LogP contribution in [0, 0.1) is 0 Å². The summed E-state index contributed by atoms with van der Waals surface area (Å²) in [6.45, 7) is 0.603. The van der Waals surface area contributed by atoms with Crippen molar-refractivity contribution in [2.45, 2.75) is 6.42 Å². The Morgan fingerprint density at radius 3 is 2.71 bits per heavy atom. The number of carbonyl (C=O) groups is 1. The normalized spacial score (nSPS) is 10.2. The van der Waals surface area contributed by atoms with Gasteiger partial charge in [-0.25, -0.2) is 0 Å². The molecule has 0 aliphatic rings. The number of amides is 1. The van der Waals surface area contributed by atoms with E-state index in [9.17, 15) is 4.79 Å². The molecular formula is C12H13N3O2. The van der Waals surface area contributed by atoms with E-state index in [4.69, 9.17) is 5.73 Å². The number of hydrogen-bond acceptors (Lipinski definition) is 4. The van der Waals surface area contributed by atoms with Gasteiger partial charge in [-0.2, -0.15) is 0 Å². The fraction of sp³-hybridized carbons (Fsp3) is 0.167. The smallest absolute Gasteiger partial charge is 0.255 e. The van der Waals surface area contributed by atoms with Crippen molar-refractivity contribution < 1.29 is 9.32 Å². The molecule has 0 aliphatic heterocycles. The van der Waals surface area contributed by atoms with Crippen LogP contribution in [0.5, 0.6) is 0 Å². The molecule has 1 aromatic heterocycles. The van der Waals surface area contributed by atoms with E-state index in [1.54, 1.807) is 12.1 Å². The van der Waals surface area contributed by atoms with Crippen LogP contribution in [-0.2, 0) is 6.42 Å². The number of nitrogens with zero attached hydrogens (tertiary/aromatic N) is 1. The molecule has 0 aliphatic carbocycles. The van der Waals surface area contributed by atoms with Crippen molar-refractivity contribution in [3.63, 3.8) is 0 Å². The molecule has 5 nitrogen and oxygen atoms in total. The number of anilines is 1. The minimum atomic E-state index is -0.188. The van der Waals surface area contributed by atoms with E-state index < -0.39 is 0 Å². The van der Waals surface area contributed by atoms with Crippen molar-refractivity contribution in [3.05, 3.63) is 47.9 Å². The van der Waals surface area contributed by atoms with Gasteiger partial charge in [0, 0.05) is 5.56 Å². The largest absolute Gasteiger partial charge is 0.363 e. The average molecular weight is 231 g/mol. The van der Waals surface area contributed by atoms with Crippen LogP contribution in [0.15, 0.2) is 41.2 Å². The molecule has 5 heteroatoms. The lowest BCUT2D eigenvalue weighted by Crippen LogP contribution is -2.11.